The summed E-state index contributed by atoms with van der Waals surface area (Å²) in [7, 11) is -3.91. The number of amides is 1. The van der Waals surface area contributed by atoms with Crippen LogP contribution in [0, 0.1) is 0 Å². The van der Waals surface area contributed by atoms with E-state index >= 15 is 0 Å². The van der Waals surface area contributed by atoms with Crippen molar-refractivity contribution in [3.63, 3.8) is 0 Å². The number of anilines is 2. The standard InChI is InChI=1S/C31H29N5O4S/c1-21(37)36(19-18-32)25-14-12-23(13-15-25)33-30(22-8-4-2-5-9-22)29-27-20-26(16-17-28(27)34-31(29)38)41(39,40)35-24-10-6-3-7-11-24/h2-17,20,34-35,38H,18-19,32H2,1H3. The van der Waals surface area contributed by atoms with Gasteiger partial charge in [-0.2, -0.15) is 0 Å². The summed E-state index contributed by atoms with van der Waals surface area (Å²) in [4.78, 5) is 21.5. The van der Waals surface area contributed by atoms with Crippen LogP contribution in [0.25, 0.3) is 10.9 Å². The molecule has 1 heterocycles. The molecule has 0 bridgehead atoms. The van der Waals surface area contributed by atoms with E-state index in [9.17, 15) is 18.3 Å². The summed E-state index contributed by atoms with van der Waals surface area (Å²) in [5, 5.41) is 11.5. The van der Waals surface area contributed by atoms with Gasteiger partial charge in [-0.3, -0.25) is 9.52 Å². The predicted molar refractivity (Wildman–Crippen MR) is 162 cm³/mol. The minimum atomic E-state index is -3.91. The predicted octanol–water partition coefficient (Wildman–Crippen LogP) is 5.16. The zero-order chi connectivity index (χ0) is 29.0. The molecule has 0 saturated carbocycles. The number of fused-ring (bicyclic) bond motifs is 1. The van der Waals surface area contributed by atoms with Gasteiger partial charge in [-0.05, 0) is 54.6 Å². The number of hydrogen-bond donors (Lipinski definition) is 4. The number of aromatic hydroxyl groups is 1. The van der Waals surface area contributed by atoms with Gasteiger partial charge in [-0.1, -0.05) is 48.5 Å². The maximum atomic E-state index is 13.2. The average molecular weight is 568 g/mol. The number of rotatable bonds is 9. The van der Waals surface area contributed by atoms with Gasteiger partial charge in [0.25, 0.3) is 10.0 Å². The molecule has 0 aliphatic rings. The van der Waals surface area contributed by atoms with E-state index in [1.54, 1.807) is 65.6 Å². The average Bonchev–Trinajstić information content (AvgIpc) is 3.30. The number of sulfonamides is 1. The minimum absolute atomic E-state index is 0.0371. The Hall–Kier alpha value is -4.93. The fraction of sp³-hybridized carbons (Fsp3) is 0.0968. The van der Waals surface area contributed by atoms with Gasteiger partial charge in [-0.25, -0.2) is 13.4 Å². The number of nitrogens with one attached hydrogen (secondary N) is 2. The van der Waals surface area contributed by atoms with Gasteiger partial charge < -0.3 is 20.7 Å². The van der Waals surface area contributed by atoms with Crippen molar-refractivity contribution in [2.45, 2.75) is 11.8 Å². The third kappa shape index (κ3) is 5.98. The lowest BCUT2D eigenvalue weighted by atomic mass is 10.0. The molecule has 9 nitrogen and oxygen atoms in total. The van der Waals surface area contributed by atoms with E-state index in [0.717, 1.165) is 5.56 Å². The van der Waals surface area contributed by atoms with Gasteiger partial charge in [0, 0.05) is 47.9 Å². The van der Waals surface area contributed by atoms with Crippen LogP contribution in [-0.4, -0.2) is 43.2 Å². The topological polar surface area (TPSA) is 141 Å². The molecule has 1 aromatic heterocycles. The number of H-pyrrole nitrogens is 1. The molecule has 5 aromatic rings. The van der Waals surface area contributed by atoms with Crippen molar-refractivity contribution in [3.8, 4) is 5.88 Å². The SMILES string of the molecule is CC(=O)N(CCN)c1ccc(N=C(c2ccccc2)c2c(O)[nH]c3ccc(S(=O)(=O)Nc4ccccc4)cc23)cc1. The van der Waals surface area contributed by atoms with Crippen LogP contribution in [0.15, 0.2) is 113 Å². The molecule has 1 amide bonds. The van der Waals surface area contributed by atoms with Crippen LogP contribution >= 0.6 is 0 Å². The quantitative estimate of drug-likeness (QED) is 0.182. The number of aromatic amines is 1. The fourth-order valence-electron chi connectivity index (χ4n) is 4.58. The zero-order valence-corrected chi connectivity index (χ0v) is 23.1. The second-order valence-electron chi connectivity index (χ2n) is 9.33. The molecule has 5 rings (SSSR count). The number of benzene rings is 4. The summed E-state index contributed by atoms with van der Waals surface area (Å²) in [6.07, 6.45) is 0. The first kappa shape index (κ1) is 27.6. The second-order valence-corrected chi connectivity index (χ2v) is 11.0. The van der Waals surface area contributed by atoms with Crippen LogP contribution in [0.3, 0.4) is 0 Å². The van der Waals surface area contributed by atoms with Crippen LogP contribution in [-0.2, 0) is 14.8 Å². The maximum absolute atomic E-state index is 13.2. The normalized spacial score (nSPS) is 11.9. The van der Waals surface area contributed by atoms with E-state index in [1.165, 1.54) is 19.1 Å². The van der Waals surface area contributed by atoms with E-state index in [-0.39, 0.29) is 16.7 Å². The summed E-state index contributed by atoms with van der Waals surface area (Å²) in [6.45, 7) is 2.20. The van der Waals surface area contributed by atoms with Crippen LogP contribution in [0.2, 0.25) is 0 Å². The Balaban J connectivity index is 1.61. The Morgan fingerprint density at radius 1 is 0.951 bits per heavy atom. The van der Waals surface area contributed by atoms with Crippen molar-refractivity contribution in [2.75, 3.05) is 22.7 Å². The van der Waals surface area contributed by atoms with Crippen LogP contribution in [0.1, 0.15) is 18.1 Å². The van der Waals surface area contributed by atoms with Crippen molar-refractivity contribution in [1.29, 1.82) is 0 Å². The van der Waals surface area contributed by atoms with Crippen LogP contribution in [0.5, 0.6) is 5.88 Å². The number of carbonyl (C=O) groups is 1. The summed E-state index contributed by atoms with van der Waals surface area (Å²) in [6, 6.07) is 29.7. The number of nitrogens with zero attached hydrogens (tertiary/aromatic N) is 2. The molecule has 5 N–H and O–H groups in total. The Bertz CT molecular complexity index is 1820. The van der Waals surface area contributed by atoms with Gasteiger partial charge in [0.15, 0.2) is 5.88 Å². The summed E-state index contributed by atoms with van der Waals surface area (Å²) < 4.78 is 29.0. The van der Waals surface area contributed by atoms with Gasteiger partial charge in [0.05, 0.1) is 21.9 Å². The van der Waals surface area contributed by atoms with Crippen molar-refractivity contribution in [3.05, 3.63) is 114 Å². The highest BCUT2D eigenvalue weighted by atomic mass is 32.2. The van der Waals surface area contributed by atoms with E-state index in [2.05, 4.69) is 9.71 Å². The molecule has 0 aliphatic carbocycles. The Labute approximate surface area is 238 Å². The molecule has 208 valence electrons. The first-order valence-corrected chi connectivity index (χ1v) is 14.4. The molecule has 0 aliphatic heterocycles. The second kappa shape index (κ2) is 11.7. The smallest absolute Gasteiger partial charge is 0.261 e. The molecule has 0 spiro atoms. The van der Waals surface area contributed by atoms with Crippen molar-refractivity contribution in [2.24, 2.45) is 10.7 Å². The Kier molecular flexibility index (Phi) is 7.86. The summed E-state index contributed by atoms with van der Waals surface area (Å²) >= 11 is 0. The number of para-hydroxylation sites is 1. The highest BCUT2D eigenvalue weighted by Crippen LogP contribution is 2.33. The Morgan fingerprint density at radius 2 is 1.61 bits per heavy atom. The summed E-state index contributed by atoms with van der Waals surface area (Å²) in [5.74, 6) is -0.261. The zero-order valence-electron chi connectivity index (χ0n) is 22.3. The third-order valence-corrected chi connectivity index (χ3v) is 7.88. The largest absolute Gasteiger partial charge is 0.494 e. The first-order chi connectivity index (χ1) is 19.8. The monoisotopic (exact) mass is 567 g/mol. The number of carbonyl (C=O) groups excluding carboxylic acids is 1. The van der Waals surface area contributed by atoms with Crippen LogP contribution in [0.4, 0.5) is 17.1 Å². The highest BCUT2D eigenvalue weighted by molar-refractivity contribution is 7.92. The number of aromatic nitrogens is 1. The number of aliphatic imine (C=N–C) groups is 1. The lowest BCUT2D eigenvalue weighted by molar-refractivity contribution is -0.116. The van der Waals surface area contributed by atoms with Crippen LogP contribution < -0.4 is 15.4 Å². The molecule has 0 unspecified atom stereocenters. The molecular weight excluding hydrogens is 538 g/mol. The van der Waals surface area contributed by atoms with Gasteiger partial charge >= 0.3 is 0 Å². The molecule has 0 atom stereocenters. The molecule has 0 fully saturated rings. The van der Waals surface area contributed by atoms with E-state index < -0.39 is 10.0 Å². The molecule has 10 heteroatoms. The van der Waals surface area contributed by atoms with E-state index in [0.29, 0.717) is 52.3 Å². The van der Waals surface area contributed by atoms with Gasteiger partial charge in [0.2, 0.25) is 5.91 Å². The summed E-state index contributed by atoms with van der Waals surface area (Å²) in [5.41, 5.74) is 9.45. The fourth-order valence-corrected chi connectivity index (χ4v) is 5.66. The van der Waals surface area contributed by atoms with Crippen molar-refractivity contribution >= 4 is 49.6 Å². The van der Waals surface area contributed by atoms with Gasteiger partial charge in [0.1, 0.15) is 0 Å². The number of nitrogens with two attached hydrogens (primary N) is 1. The lowest BCUT2D eigenvalue weighted by Gasteiger charge is -2.20. The minimum Gasteiger partial charge on any atom is -0.494 e. The maximum Gasteiger partial charge on any atom is 0.261 e. The van der Waals surface area contributed by atoms with Crippen molar-refractivity contribution in [1.82, 2.24) is 4.98 Å². The molecule has 0 saturated heterocycles. The molecular formula is C31H29N5O4S. The molecule has 0 radical (unpaired) electrons. The van der Waals surface area contributed by atoms with E-state index in [1.807, 2.05) is 30.3 Å². The van der Waals surface area contributed by atoms with Gasteiger partial charge in [-0.15, -0.1) is 0 Å². The number of hydrogen-bond acceptors (Lipinski definition) is 6. The van der Waals surface area contributed by atoms with E-state index in [4.69, 9.17) is 10.7 Å². The first-order valence-electron chi connectivity index (χ1n) is 12.9. The molecule has 4 aromatic carbocycles. The highest BCUT2D eigenvalue weighted by Gasteiger charge is 2.22. The molecule has 41 heavy (non-hydrogen) atoms. The van der Waals surface area contributed by atoms with Crippen molar-refractivity contribution < 1.29 is 18.3 Å². The Morgan fingerprint density at radius 3 is 2.24 bits per heavy atom. The lowest BCUT2D eigenvalue weighted by Crippen LogP contribution is -2.33. The third-order valence-electron chi connectivity index (χ3n) is 6.51.